The van der Waals surface area contributed by atoms with Gasteiger partial charge in [-0.05, 0) is 48.5 Å². The maximum Gasteiger partial charge on any atom is 0.145 e. The Morgan fingerprint density at radius 2 is 1.80 bits per heavy atom. The van der Waals surface area contributed by atoms with Crippen molar-refractivity contribution < 1.29 is 4.79 Å². The van der Waals surface area contributed by atoms with Gasteiger partial charge < -0.3 is 0 Å². The average molecular weight is 208 g/mol. The summed E-state index contributed by atoms with van der Waals surface area (Å²) >= 11 is 0. The second-order valence-corrected chi connectivity index (χ2v) is 5.94. The minimum Gasteiger partial charge on any atom is -0.298 e. The van der Waals surface area contributed by atoms with E-state index in [-0.39, 0.29) is 0 Å². The van der Waals surface area contributed by atoms with Crippen LogP contribution in [0.15, 0.2) is 11.6 Å². The van der Waals surface area contributed by atoms with E-state index in [0.29, 0.717) is 17.3 Å². The first-order valence-electron chi connectivity index (χ1n) is 6.11. The van der Waals surface area contributed by atoms with Crippen LogP contribution in [0.4, 0.5) is 0 Å². The molecule has 15 heavy (non-hydrogen) atoms. The lowest BCUT2D eigenvalue weighted by Gasteiger charge is -2.33. The van der Waals surface area contributed by atoms with E-state index in [1.807, 2.05) is 0 Å². The number of carbonyl (C=O) groups excluding carboxylic acids is 1. The summed E-state index contributed by atoms with van der Waals surface area (Å²) in [7, 11) is 0. The summed E-state index contributed by atoms with van der Waals surface area (Å²) in [5, 5.41) is 0. The van der Waals surface area contributed by atoms with Gasteiger partial charge in [-0.15, -0.1) is 0 Å². The normalized spacial score (nSPS) is 23.1. The van der Waals surface area contributed by atoms with Crippen molar-refractivity contribution in [1.82, 2.24) is 0 Å². The highest BCUT2D eigenvalue weighted by atomic mass is 16.1. The molecule has 0 unspecified atom stereocenters. The summed E-state index contributed by atoms with van der Waals surface area (Å²) in [6.45, 7) is 8.87. The highest BCUT2D eigenvalue weighted by Gasteiger charge is 2.25. The molecular weight excluding hydrogens is 184 g/mol. The summed E-state index contributed by atoms with van der Waals surface area (Å²) in [5.74, 6) is 1.01. The molecule has 0 amide bonds. The first kappa shape index (κ1) is 12.5. The molecule has 1 saturated carbocycles. The molecule has 86 valence electrons. The van der Waals surface area contributed by atoms with Crippen LogP contribution >= 0.6 is 0 Å². The molecule has 0 aromatic carbocycles. The monoisotopic (exact) mass is 208 g/mol. The van der Waals surface area contributed by atoms with Crippen molar-refractivity contribution in [3.8, 4) is 0 Å². The summed E-state index contributed by atoms with van der Waals surface area (Å²) in [6, 6.07) is 0. The largest absolute Gasteiger partial charge is 0.298 e. The van der Waals surface area contributed by atoms with Crippen molar-refractivity contribution in [3.63, 3.8) is 0 Å². The molecular formula is C14H24O. The van der Waals surface area contributed by atoms with Crippen LogP contribution in [-0.4, -0.2) is 6.29 Å². The van der Waals surface area contributed by atoms with Crippen LogP contribution in [-0.2, 0) is 4.79 Å². The summed E-state index contributed by atoms with van der Waals surface area (Å²) in [4.78, 5) is 10.9. The topological polar surface area (TPSA) is 17.1 Å². The molecule has 0 N–H and O–H groups in total. The Labute approximate surface area is 93.9 Å². The number of hydrogen-bond donors (Lipinski definition) is 0. The van der Waals surface area contributed by atoms with Crippen molar-refractivity contribution in [2.75, 3.05) is 0 Å². The van der Waals surface area contributed by atoms with Crippen LogP contribution in [0, 0.1) is 17.3 Å². The summed E-state index contributed by atoms with van der Waals surface area (Å²) in [5.41, 5.74) is 1.50. The first-order chi connectivity index (χ1) is 6.94. The van der Waals surface area contributed by atoms with Gasteiger partial charge in [0.05, 0.1) is 0 Å². The lowest BCUT2D eigenvalue weighted by Crippen LogP contribution is -2.20. The fourth-order valence-corrected chi connectivity index (χ4v) is 2.23. The lowest BCUT2D eigenvalue weighted by atomic mass is 9.72. The molecule has 0 radical (unpaired) electrons. The van der Waals surface area contributed by atoms with E-state index < -0.39 is 0 Å². The van der Waals surface area contributed by atoms with Crippen LogP contribution in [0.5, 0.6) is 0 Å². The zero-order valence-corrected chi connectivity index (χ0v) is 10.5. The van der Waals surface area contributed by atoms with Crippen LogP contribution in [0.1, 0.15) is 53.4 Å². The Morgan fingerprint density at radius 1 is 1.27 bits per heavy atom. The van der Waals surface area contributed by atoms with E-state index in [9.17, 15) is 4.79 Å². The van der Waals surface area contributed by atoms with Gasteiger partial charge in [-0.2, -0.15) is 0 Å². The van der Waals surface area contributed by atoms with E-state index in [2.05, 4.69) is 33.8 Å². The average Bonchev–Trinajstić information content (AvgIpc) is 2.15. The van der Waals surface area contributed by atoms with Gasteiger partial charge in [0.25, 0.3) is 0 Å². The minimum absolute atomic E-state index is 0.373. The van der Waals surface area contributed by atoms with Gasteiger partial charge >= 0.3 is 0 Å². The van der Waals surface area contributed by atoms with Gasteiger partial charge in [-0.25, -0.2) is 0 Å². The molecule has 1 rings (SSSR count). The molecule has 0 aromatic heterocycles. The van der Waals surface area contributed by atoms with Gasteiger partial charge in [-0.1, -0.05) is 33.8 Å². The number of allylic oxidation sites excluding steroid dienone is 2. The second kappa shape index (κ2) is 4.96. The highest BCUT2D eigenvalue weighted by molar-refractivity contribution is 5.73. The van der Waals surface area contributed by atoms with Crippen molar-refractivity contribution >= 4 is 6.29 Å². The Balaban J connectivity index is 2.57. The van der Waals surface area contributed by atoms with E-state index in [1.165, 1.54) is 25.7 Å². The smallest absolute Gasteiger partial charge is 0.145 e. The van der Waals surface area contributed by atoms with Crippen LogP contribution in [0.3, 0.4) is 0 Å². The number of carbonyl (C=O) groups is 1. The Morgan fingerprint density at radius 3 is 2.20 bits per heavy atom. The summed E-state index contributed by atoms with van der Waals surface area (Å²) < 4.78 is 0. The highest BCUT2D eigenvalue weighted by Crippen LogP contribution is 2.38. The van der Waals surface area contributed by atoms with Gasteiger partial charge in [0.1, 0.15) is 6.29 Å². The maximum absolute atomic E-state index is 10.9. The second-order valence-electron chi connectivity index (χ2n) is 5.94. The molecule has 0 bridgehead atoms. The number of aldehydes is 1. The molecule has 0 spiro atoms. The van der Waals surface area contributed by atoms with Crippen LogP contribution in [0.2, 0.25) is 0 Å². The fraction of sp³-hybridized carbons (Fsp3) is 0.786. The summed E-state index contributed by atoms with van der Waals surface area (Å²) in [6.07, 6.45) is 8.32. The van der Waals surface area contributed by atoms with Crippen LogP contribution < -0.4 is 0 Å². The SMILES string of the molecule is CC(C)/C(C=O)=C\C1CCC(C)(C)CC1. The van der Waals surface area contributed by atoms with Gasteiger partial charge in [-0.3, -0.25) is 4.79 Å². The maximum atomic E-state index is 10.9. The predicted molar refractivity (Wildman–Crippen MR) is 64.7 cm³/mol. The van der Waals surface area contributed by atoms with E-state index in [0.717, 1.165) is 11.9 Å². The Kier molecular flexibility index (Phi) is 4.12. The van der Waals surface area contributed by atoms with Crippen molar-refractivity contribution in [1.29, 1.82) is 0 Å². The standard InChI is InChI=1S/C14H24O/c1-11(2)13(10-15)9-12-5-7-14(3,4)8-6-12/h9-12H,5-8H2,1-4H3/b13-9-. The van der Waals surface area contributed by atoms with Gasteiger partial charge in [0.2, 0.25) is 0 Å². The fourth-order valence-electron chi connectivity index (χ4n) is 2.23. The molecule has 0 saturated heterocycles. The van der Waals surface area contributed by atoms with Crippen molar-refractivity contribution in [2.24, 2.45) is 17.3 Å². The molecule has 0 atom stereocenters. The molecule has 0 heterocycles. The van der Waals surface area contributed by atoms with E-state index >= 15 is 0 Å². The molecule has 1 aliphatic rings. The Bertz CT molecular complexity index is 238. The molecule has 1 nitrogen and oxygen atoms in total. The predicted octanol–water partition coefficient (Wildman–Crippen LogP) is 3.98. The molecule has 0 aromatic rings. The van der Waals surface area contributed by atoms with Crippen molar-refractivity contribution in [3.05, 3.63) is 11.6 Å². The molecule has 1 fully saturated rings. The number of rotatable bonds is 3. The van der Waals surface area contributed by atoms with Crippen molar-refractivity contribution in [2.45, 2.75) is 53.4 Å². The third-order valence-corrected chi connectivity index (χ3v) is 3.61. The van der Waals surface area contributed by atoms with Crippen LogP contribution in [0.25, 0.3) is 0 Å². The first-order valence-corrected chi connectivity index (χ1v) is 6.11. The zero-order valence-electron chi connectivity index (χ0n) is 10.5. The zero-order chi connectivity index (χ0) is 11.5. The minimum atomic E-state index is 0.373. The Hall–Kier alpha value is -0.590. The van der Waals surface area contributed by atoms with E-state index in [1.54, 1.807) is 0 Å². The molecule has 0 aliphatic heterocycles. The van der Waals surface area contributed by atoms with Gasteiger partial charge in [0.15, 0.2) is 0 Å². The van der Waals surface area contributed by atoms with Gasteiger partial charge in [0, 0.05) is 0 Å². The number of hydrogen-bond acceptors (Lipinski definition) is 1. The van der Waals surface area contributed by atoms with E-state index in [4.69, 9.17) is 0 Å². The molecule has 1 heteroatoms. The lowest BCUT2D eigenvalue weighted by molar-refractivity contribution is -0.105. The quantitative estimate of drug-likeness (QED) is 0.506. The molecule has 1 aliphatic carbocycles. The third-order valence-electron chi connectivity index (χ3n) is 3.61. The third kappa shape index (κ3) is 3.81.